The highest BCUT2D eigenvalue weighted by molar-refractivity contribution is 6.09. The van der Waals surface area contributed by atoms with Crippen LogP contribution >= 0.6 is 0 Å². The third-order valence-corrected chi connectivity index (χ3v) is 5.96. The maximum absolute atomic E-state index is 2.20. The van der Waals surface area contributed by atoms with Crippen LogP contribution in [0.5, 0.6) is 0 Å². The fraction of sp³-hybridized carbons (Fsp3) is 0.0667. The molecule has 0 spiro atoms. The van der Waals surface area contributed by atoms with E-state index in [2.05, 4.69) is 123 Å². The molecule has 0 aliphatic heterocycles. The van der Waals surface area contributed by atoms with E-state index >= 15 is 0 Å². The molecule has 0 aromatic heterocycles. The molecule has 0 unspecified atom stereocenters. The maximum atomic E-state index is 2.20. The normalized spacial score (nSPS) is 11.0. The van der Waals surface area contributed by atoms with Crippen molar-refractivity contribution in [1.29, 1.82) is 0 Å². The van der Waals surface area contributed by atoms with Gasteiger partial charge in [-0.1, -0.05) is 109 Å². The van der Waals surface area contributed by atoms with Gasteiger partial charge in [0.2, 0.25) is 0 Å². The molecular weight excluding hydrogens is 360 g/mol. The van der Waals surface area contributed by atoms with Crippen LogP contribution in [0.1, 0.15) is 11.1 Å². The van der Waals surface area contributed by atoms with Gasteiger partial charge in [-0.05, 0) is 68.1 Å². The van der Waals surface area contributed by atoms with E-state index in [0.29, 0.717) is 0 Å². The van der Waals surface area contributed by atoms with Crippen molar-refractivity contribution in [2.75, 3.05) is 0 Å². The lowest BCUT2D eigenvalue weighted by Crippen LogP contribution is -1.80. The molecule has 144 valence electrons. The van der Waals surface area contributed by atoms with Gasteiger partial charge in [-0.25, -0.2) is 0 Å². The van der Waals surface area contributed by atoms with E-state index in [1.807, 2.05) is 0 Å². The first kappa shape index (κ1) is 18.4. The summed E-state index contributed by atoms with van der Waals surface area (Å²) >= 11 is 0. The Morgan fingerprint density at radius 1 is 0.333 bits per heavy atom. The van der Waals surface area contributed by atoms with Crippen molar-refractivity contribution in [2.45, 2.75) is 13.8 Å². The molecule has 30 heavy (non-hydrogen) atoms. The van der Waals surface area contributed by atoms with E-state index in [9.17, 15) is 0 Å². The number of rotatable bonds is 0. The highest BCUT2D eigenvalue weighted by Crippen LogP contribution is 2.28. The van der Waals surface area contributed by atoms with Gasteiger partial charge < -0.3 is 0 Å². The SMILES string of the molecule is Cc1cccc2ccc3ccccc3c12.Cc1cccc2ccc3ccccc3c12. The Kier molecular flexibility index (Phi) is 4.69. The lowest BCUT2D eigenvalue weighted by molar-refractivity contribution is 1.54. The third kappa shape index (κ3) is 3.21. The summed E-state index contributed by atoms with van der Waals surface area (Å²) in [6, 6.07) is 38.8. The van der Waals surface area contributed by atoms with Crippen LogP contribution in [0.15, 0.2) is 109 Å². The van der Waals surface area contributed by atoms with Crippen LogP contribution in [0.25, 0.3) is 43.1 Å². The minimum Gasteiger partial charge on any atom is -0.0616 e. The average molecular weight is 385 g/mol. The molecule has 0 aliphatic rings. The number of benzene rings is 6. The third-order valence-electron chi connectivity index (χ3n) is 5.96. The zero-order valence-electron chi connectivity index (χ0n) is 17.4. The summed E-state index contributed by atoms with van der Waals surface area (Å²) < 4.78 is 0. The fourth-order valence-electron chi connectivity index (χ4n) is 4.49. The summed E-state index contributed by atoms with van der Waals surface area (Å²) in [6.45, 7) is 4.35. The molecule has 0 atom stereocenters. The van der Waals surface area contributed by atoms with Gasteiger partial charge in [0.25, 0.3) is 0 Å². The lowest BCUT2D eigenvalue weighted by Gasteiger charge is -2.06. The zero-order chi connectivity index (χ0) is 20.5. The zero-order valence-corrected chi connectivity index (χ0v) is 17.4. The number of hydrogen-bond acceptors (Lipinski definition) is 0. The van der Waals surface area contributed by atoms with Crippen LogP contribution in [-0.2, 0) is 0 Å². The van der Waals surface area contributed by atoms with E-state index in [1.165, 1.54) is 54.2 Å². The molecule has 0 aliphatic carbocycles. The highest BCUT2D eigenvalue weighted by atomic mass is 14.1. The topological polar surface area (TPSA) is 0 Å². The van der Waals surface area contributed by atoms with E-state index < -0.39 is 0 Å². The van der Waals surface area contributed by atoms with E-state index in [-0.39, 0.29) is 0 Å². The van der Waals surface area contributed by atoms with Crippen LogP contribution in [0, 0.1) is 13.8 Å². The van der Waals surface area contributed by atoms with Gasteiger partial charge in [0.15, 0.2) is 0 Å². The Bertz CT molecular complexity index is 1390. The van der Waals surface area contributed by atoms with E-state index in [0.717, 1.165) is 0 Å². The first-order valence-electron chi connectivity index (χ1n) is 10.5. The van der Waals surface area contributed by atoms with Crippen molar-refractivity contribution in [3.05, 3.63) is 120 Å². The summed E-state index contributed by atoms with van der Waals surface area (Å²) in [5, 5.41) is 10.8. The molecule has 0 fully saturated rings. The average Bonchev–Trinajstić information content (AvgIpc) is 2.79. The fourth-order valence-corrected chi connectivity index (χ4v) is 4.49. The summed E-state index contributed by atoms with van der Waals surface area (Å²) in [5.41, 5.74) is 2.70. The lowest BCUT2D eigenvalue weighted by atomic mass is 9.99. The second-order valence-corrected chi connectivity index (χ2v) is 7.92. The van der Waals surface area contributed by atoms with Crippen molar-refractivity contribution in [3.63, 3.8) is 0 Å². The van der Waals surface area contributed by atoms with Gasteiger partial charge in [-0.2, -0.15) is 0 Å². The first-order valence-corrected chi connectivity index (χ1v) is 10.5. The maximum Gasteiger partial charge on any atom is -0.00761 e. The largest absolute Gasteiger partial charge is 0.0616 e. The smallest absolute Gasteiger partial charge is 0.00761 e. The Labute approximate surface area is 177 Å². The standard InChI is InChI=1S/2C15H12/c2*1-11-5-4-7-13-10-9-12-6-2-3-8-14(12)15(11)13/h2*2-10H,1H3. The minimum absolute atomic E-state index is 1.32. The van der Waals surface area contributed by atoms with Crippen molar-refractivity contribution in [1.82, 2.24) is 0 Å². The van der Waals surface area contributed by atoms with Gasteiger partial charge in [0.1, 0.15) is 0 Å². The molecule has 0 nitrogen and oxygen atoms in total. The molecule has 6 rings (SSSR count). The molecule has 0 radical (unpaired) electrons. The number of hydrogen-bond donors (Lipinski definition) is 0. The molecule has 0 amide bonds. The number of aryl methyl sites for hydroxylation is 2. The van der Waals surface area contributed by atoms with Gasteiger partial charge >= 0.3 is 0 Å². The van der Waals surface area contributed by atoms with Crippen molar-refractivity contribution < 1.29 is 0 Å². The predicted octanol–water partition coefficient (Wildman–Crippen LogP) is 8.60. The van der Waals surface area contributed by atoms with Crippen LogP contribution in [0.4, 0.5) is 0 Å². The van der Waals surface area contributed by atoms with E-state index in [4.69, 9.17) is 0 Å². The Hall–Kier alpha value is -3.64. The molecule has 0 heteroatoms. The molecule has 0 N–H and O–H groups in total. The second kappa shape index (κ2) is 7.65. The molecule has 0 saturated carbocycles. The number of fused-ring (bicyclic) bond motifs is 6. The monoisotopic (exact) mass is 384 g/mol. The van der Waals surface area contributed by atoms with Gasteiger partial charge in [0.05, 0.1) is 0 Å². The van der Waals surface area contributed by atoms with Gasteiger partial charge in [-0.15, -0.1) is 0 Å². The summed E-state index contributed by atoms with van der Waals surface area (Å²) in [5.74, 6) is 0. The summed E-state index contributed by atoms with van der Waals surface area (Å²) in [6.07, 6.45) is 0. The van der Waals surface area contributed by atoms with Crippen molar-refractivity contribution in [3.8, 4) is 0 Å². The van der Waals surface area contributed by atoms with Crippen molar-refractivity contribution >= 4 is 43.1 Å². The van der Waals surface area contributed by atoms with Crippen LogP contribution < -0.4 is 0 Å². The molecule has 0 saturated heterocycles. The van der Waals surface area contributed by atoms with Crippen LogP contribution in [0.3, 0.4) is 0 Å². The van der Waals surface area contributed by atoms with Crippen molar-refractivity contribution in [2.24, 2.45) is 0 Å². The molecule has 6 aromatic rings. The van der Waals surface area contributed by atoms with Crippen LogP contribution in [-0.4, -0.2) is 0 Å². The highest BCUT2D eigenvalue weighted by Gasteiger charge is 2.02. The Balaban J connectivity index is 0.000000128. The summed E-state index contributed by atoms with van der Waals surface area (Å²) in [4.78, 5) is 0. The second-order valence-electron chi connectivity index (χ2n) is 7.92. The van der Waals surface area contributed by atoms with Crippen LogP contribution in [0.2, 0.25) is 0 Å². The summed E-state index contributed by atoms with van der Waals surface area (Å²) in [7, 11) is 0. The first-order chi connectivity index (χ1) is 14.7. The predicted molar refractivity (Wildman–Crippen MR) is 132 cm³/mol. The molecule has 0 bridgehead atoms. The Morgan fingerprint density at radius 3 is 1.17 bits per heavy atom. The van der Waals surface area contributed by atoms with Gasteiger partial charge in [-0.3, -0.25) is 0 Å². The van der Waals surface area contributed by atoms with Gasteiger partial charge in [0, 0.05) is 0 Å². The molecule has 6 aromatic carbocycles. The quantitative estimate of drug-likeness (QED) is 0.230. The molecular formula is C30H24. The Morgan fingerprint density at radius 2 is 0.700 bits per heavy atom. The minimum atomic E-state index is 1.32. The van der Waals surface area contributed by atoms with E-state index in [1.54, 1.807) is 0 Å². The molecule has 0 heterocycles.